The second-order valence-electron chi connectivity index (χ2n) is 7.89. The van der Waals surface area contributed by atoms with Crippen molar-refractivity contribution in [2.24, 2.45) is 0 Å². The summed E-state index contributed by atoms with van der Waals surface area (Å²) < 4.78 is 28.8. The Hall–Kier alpha value is -4.13. The van der Waals surface area contributed by atoms with Gasteiger partial charge >= 0.3 is 0 Å². The lowest BCUT2D eigenvalue weighted by atomic mass is 10.1. The molecule has 7 heteroatoms. The Kier molecular flexibility index (Phi) is 6.63. The van der Waals surface area contributed by atoms with Crippen LogP contribution in [0.3, 0.4) is 0 Å². The molecule has 4 rings (SSSR count). The molecule has 0 spiro atoms. The van der Waals surface area contributed by atoms with Crippen molar-refractivity contribution in [3.63, 3.8) is 0 Å². The van der Waals surface area contributed by atoms with Crippen molar-refractivity contribution in [2.45, 2.75) is 26.6 Å². The topological polar surface area (TPSA) is 87.4 Å². The molecule has 0 aliphatic heterocycles. The summed E-state index contributed by atoms with van der Waals surface area (Å²) >= 11 is 0. The van der Waals surface area contributed by atoms with Crippen molar-refractivity contribution in [1.29, 1.82) is 0 Å². The summed E-state index contributed by atoms with van der Waals surface area (Å²) in [6.45, 7) is 3.93. The van der Waals surface area contributed by atoms with Crippen LogP contribution in [0, 0.1) is 0 Å². The first-order chi connectivity index (χ1) is 16.4. The van der Waals surface area contributed by atoms with E-state index in [4.69, 9.17) is 23.4 Å². The van der Waals surface area contributed by atoms with E-state index in [1.165, 1.54) is 7.11 Å². The van der Waals surface area contributed by atoms with Gasteiger partial charge in [-0.1, -0.05) is 30.3 Å². The van der Waals surface area contributed by atoms with Crippen molar-refractivity contribution in [3.8, 4) is 40.1 Å². The second-order valence-corrected chi connectivity index (χ2v) is 7.89. The van der Waals surface area contributed by atoms with Gasteiger partial charge in [0, 0.05) is 11.6 Å². The maximum Gasteiger partial charge on any atom is 0.238 e. The average Bonchev–Trinajstić information content (AvgIpc) is 2.85. The van der Waals surface area contributed by atoms with E-state index in [0.29, 0.717) is 17.1 Å². The lowest BCUT2D eigenvalue weighted by Crippen LogP contribution is -2.12. The van der Waals surface area contributed by atoms with Crippen molar-refractivity contribution in [2.75, 3.05) is 14.2 Å². The van der Waals surface area contributed by atoms with Crippen molar-refractivity contribution in [1.82, 2.24) is 0 Å². The summed E-state index contributed by atoms with van der Waals surface area (Å²) in [6.07, 6.45) is -0.274. The lowest BCUT2D eigenvalue weighted by molar-refractivity contribution is 0.224. The number of methoxy groups -OCH3 is 2. The highest BCUT2D eigenvalue weighted by molar-refractivity contribution is 5.91. The fourth-order valence-electron chi connectivity index (χ4n) is 3.59. The maximum absolute atomic E-state index is 13.3. The number of rotatable bonds is 8. The van der Waals surface area contributed by atoms with E-state index < -0.39 is 11.2 Å². The lowest BCUT2D eigenvalue weighted by Gasteiger charge is -2.19. The largest absolute Gasteiger partial charge is 0.502 e. The Morgan fingerprint density at radius 3 is 2.26 bits per heavy atom. The molecular weight excluding hydrogens is 436 g/mol. The Labute approximate surface area is 197 Å². The molecule has 0 saturated carbocycles. The van der Waals surface area contributed by atoms with E-state index in [-0.39, 0.29) is 40.9 Å². The molecular formula is C27H26O7. The van der Waals surface area contributed by atoms with Gasteiger partial charge in [-0.15, -0.1) is 0 Å². The SMILES string of the molecule is COc1ccc(-c2oc3cc(OCc4ccccc4)c(OC)c(OC(C)C)c3c(=O)c2O)cc1. The maximum atomic E-state index is 13.3. The number of ether oxygens (including phenoxy) is 4. The summed E-state index contributed by atoms with van der Waals surface area (Å²) in [5.74, 6) is 0.912. The number of benzene rings is 3. The highest BCUT2D eigenvalue weighted by Crippen LogP contribution is 2.45. The summed E-state index contributed by atoms with van der Waals surface area (Å²) in [5.41, 5.74) is 1.05. The number of hydrogen-bond donors (Lipinski definition) is 1. The molecule has 0 fully saturated rings. The molecule has 4 aromatic rings. The molecule has 1 aromatic heterocycles. The van der Waals surface area contributed by atoms with Gasteiger partial charge in [0.1, 0.15) is 23.3 Å². The minimum Gasteiger partial charge on any atom is -0.502 e. The zero-order valence-corrected chi connectivity index (χ0v) is 19.5. The molecule has 1 N–H and O–H groups in total. The first kappa shape index (κ1) is 23.0. The molecule has 0 amide bonds. The third-order valence-corrected chi connectivity index (χ3v) is 5.18. The van der Waals surface area contributed by atoms with Gasteiger partial charge in [0.15, 0.2) is 17.3 Å². The van der Waals surface area contributed by atoms with E-state index >= 15 is 0 Å². The van der Waals surface area contributed by atoms with E-state index in [9.17, 15) is 9.90 Å². The Balaban J connectivity index is 1.91. The van der Waals surface area contributed by atoms with Crippen LogP contribution in [0.2, 0.25) is 0 Å². The van der Waals surface area contributed by atoms with Crippen molar-refractivity contribution < 1.29 is 28.5 Å². The van der Waals surface area contributed by atoms with Crippen LogP contribution in [0.4, 0.5) is 0 Å². The molecule has 0 aliphatic carbocycles. The van der Waals surface area contributed by atoms with Crippen LogP contribution in [0.25, 0.3) is 22.3 Å². The van der Waals surface area contributed by atoms with Crippen LogP contribution in [-0.2, 0) is 6.61 Å². The summed E-state index contributed by atoms with van der Waals surface area (Å²) in [6, 6.07) is 18.1. The van der Waals surface area contributed by atoms with Crippen LogP contribution in [-0.4, -0.2) is 25.4 Å². The number of hydrogen-bond acceptors (Lipinski definition) is 7. The second kappa shape index (κ2) is 9.79. The first-order valence-corrected chi connectivity index (χ1v) is 10.8. The Morgan fingerprint density at radius 2 is 1.65 bits per heavy atom. The highest BCUT2D eigenvalue weighted by Gasteiger charge is 2.25. The molecule has 0 aliphatic rings. The highest BCUT2D eigenvalue weighted by atomic mass is 16.5. The first-order valence-electron chi connectivity index (χ1n) is 10.8. The molecule has 0 bridgehead atoms. The van der Waals surface area contributed by atoms with E-state index in [1.54, 1.807) is 37.4 Å². The smallest absolute Gasteiger partial charge is 0.238 e. The summed E-state index contributed by atoms with van der Waals surface area (Å²) in [4.78, 5) is 13.3. The van der Waals surface area contributed by atoms with Gasteiger partial charge in [0.2, 0.25) is 16.9 Å². The van der Waals surface area contributed by atoms with E-state index in [1.807, 2.05) is 44.2 Å². The quantitative estimate of drug-likeness (QED) is 0.367. The molecule has 0 atom stereocenters. The number of aromatic hydroxyl groups is 1. The van der Waals surface area contributed by atoms with Crippen LogP contribution >= 0.6 is 0 Å². The van der Waals surface area contributed by atoms with Crippen molar-refractivity contribution >= 4 is 11.0 Å². The molecule has 0 unspecified atom stereocenters. The van der Waals surface area contributed by atoms with Gasteiger partial charge in [-0.25, -0.2) is 0 Å². The standard InChI is InChI=1S/C27H26O7/c1-16(2)33-27-22-20(14-21(26(27)31-4)32-15-17-8-6-5-7-9-17)34-25(24(29)23(22)28)18-10-12-19(30-3)13-11-18/h5-14,16,29H,15H2,1-4H3. The Morgan fingerprint density at radius 1 is 0.941 bits per heavy atom. The van der Waals surface area contributed by atoms with Crippen LogP contribution < -0.4 is 24.4 Å². The van der Waals surface area contributed by atoms with Crippen LogP contribution in [0.15, 0.2) is 69.9 Å². The van der Waals surface area contributed by atoms with Crippen LogP contribution in [0.1, 0.15) is 19.4 Å². The van der Waals surface area contributed by atoms with Gasteiger partial charge in [-0.05, 0) is 43.7 Å². The summed E-state index contributed by atoms with van der Waals surface area (Å²) in [5, 5.41) is 10.8. The molecule has 0 saturated heterocycles. The molecule has 176 valence electrons. The average molecular weight is 462 g/mol. The minimum atomic E-state index is -0.629. The Bertz CT molecular complexity index is 1340. The zero-order valence-electron chi connectivity index (χ0n) is 19.5. The number of fused-ring (bicyclic) bond motifs is 1. The van der Waals surface area contributed by atoms with Gasteiger partial charge in [-0.3, -0.25) is 4.79 Å². The fraction of sp³-hybridized carbons (Fsp3) is 0.222. The fourth-order valence-corrected chi connectivity index (χ4v) is 3.59. The molecule has 1 heterocycles. The van der Waals surface area contributed by atoms with Gasteiger partial charge in [0.05, 0.1) is 20.3 Å². The molecule has 34 heavy (non-hydrogen) atoms. The third kappa shape index (κ3) is 4.50. The molecule has 7 nitrogen and oxygen atoms in total. The predicted octanol–water partition coefficient (Wildman–Crippen LogP) is 5.55. The van der Waals surface area contributed by atoms with Gasteiger partial charge in [-0.2, -0.15) is 0 Å². The van der Waals surface area contributed by atoms with Gasteiger partial charge in [0.25, 0.3) is 0 Å². The third-order valence-electron chi connectivity index (χ3n) is 5.18. The van der Waals surface area contributed by atoms with Gasteiger partial charge < -0.3 is 28.5 Å². The predicted molar refractivity (Wildman–Crippen MR) is 129 cm³/mol. The normalized spacial score (nSPS) is 11.0. The van der Waals surface area contributed by atoms with Crippen LogP contribution in [0.5, 0.6) is 28.7 Å². The molecule has 0 radical (unpaired) electrons. The van der Waals surface area contributed by atoms with E-state index in [2.05, 4.69) is 0 Å². The zero-order chi connectivity index (χ0) is 24.2. The van der Waals surface area contributed by atoms with Crippen molar-refractivity contribution in [3.05, 3.63) is 76.5 Å². The summed E-state index contributed by atoms with van der Waals surface area (Å²) in [7, 11) is 3.03. The van der Waals surface area contributed by atoms with E-state index in [0.717, 1.165) is 5.56 Å². The monoisotopic (exact) mass is 462 g/mol. The molecule has 3 aromatic carbocycles. The minimum absolute atomic E-state index is 0.0369.